The van der Waals surface area contributed by atoms with Gasteiger partial charge in [-0.05, 0) is 120 Å². The van der Waals surface area contributed by atoms with Crippen molar-refractivity contribution in [2.75, 3.05) is 40.4 Å². The zero-order valence-electron chi connectivity index (χ0n) is 67.0. The van der Waals surface area contributed by atoms with Crippen molar-refractivity contribution in [3.8, 4) is 0 Å². The molecule has 13 amide bonds. The highest BCUT2D eigenvalue weighted by atomic mass is 16.5. The summed E-state index contributed by atoms with van der Waals surface area (Å²) in [5.41, 5.74) is 23.0. The molecule has 2 aliphatic heterocycles. The summed E-state index contributed by atoms with van der Waals surface area (Å²) < 4.78 is 11.7. The fraction of sp³-hybridized carbons (Fsp3) is 0.781. The molecule has 0 aliphatic carbocycles. The molecule has 23 N–H and O–H groups in total. The lowest BCUT2D eigenvalue weighted by atomic mass is 9.82. The number of nitrogens with zero attached hydrogens (tertiary/aromatic N) is 2. The molecule has 0 spiro atoms. The number of nitrogens with one attached hydrogen (secondary N) is 9. The van der Waals surface area contributed by atoms with E-state index < -0.39 is 266 Å². The SMILES string of the molecule is CCCC(C)C(C)C(O)C(C)C(=O)NC(CCCN)C(=O)NC(CCC(=O)O)C(O)C(O)C(=O)NC(C(=O)NC1C(=O)NC(CO)C(=O)NC(CCCN)C(=O)NC(CC(C)C)C(=O)N(C)C(CCC(N)=O)C(=O)NC(C(C)OC)C(=O)NC(CC(=O)O)C(=O)N2CCCCC2C(=O)OC1C(C)C(C)C)C(C)C(C)C(N)=O. The van der Waals surface area contributed by atoms with Crippen LogP contribution in [-0.4, -0.2) is 273 Å². The second kappa shape index (κ2) is 48.3. The number of esters is 1. The molecule has 0 aromatic heterocycles. The summed E-state index contributed by atoms with van der Waals surface area (Å²) in [7, 11) is 2.31. The Labute approximate surface area is 653 Å². The van der Waals surface area contributed by atoms with Crippen LogP contribution < -0.4 is 70.8 Å². The van der Waals surface area contributed by atoms with Crippen LogP contribution in [-0.2, 0) is 86.2 Å². The first-order valence-corrected chi connectivity index (χ1v) is 38.5. The van der Waals surface area contributed by atoms with E-state index in [1.54, 1.807) is 34.6 Å². The fourth-order valence-electron chi connectivity index (χ4n) is 13.2. The number of aliphatic hydroxyl groups is 4. The Hall–Kier alpha value is -8.76. The minimum absolute atomic E-state index is 0.00100. The molecule has 112 heavy (non-hydrogen) atoms. The Kier molecular flexibility index (Phi) is 42.9. The van der Waals surface area contributed by atoms with E-state index in [0.29, 0.717) is 0 Å². The molecule has 2 heterocycles. The number of carboxylic acids is 2. The van der Waals surface area contributed by atoms with Crippen LogP contribution in [0.15, 0.2) is 0 Å². The van der Waals surface area contributed by atoms with E-state index in [-0.39, 0.29) is 82.8 Å². The molecule has 39 nitrogen and oxygen atoms in total. The second-order valence-electron chi connectivity index (χ2n) is 30.4. The number of nitrogens with two attached hydrogens (primary N) is 4. The van der Waals surface area contributed by atoms with Crippen LogP contribution in [0.1, 0.15) is 179 Å². The average Bonchev–Trinajstić information content (AvgIpc) is 0.807. The van der Waals surface area contributed by atoms with Crippen molar-refractivity contribution in [3.05, 3.63) is 0 Å². The topological polar surface area (TPSA) is 632 Å². The van der Waals surface area contributed by atoms with Crippen LogP contribution in [0.3, 0.4) is 0 Å². The van der Waals surface area contributed by atoms with Gasteiger partial charge >= 0.3 is 17.9 Å². The van der Waals surface area contributed by atoms with Crippen molar-refractivity contribution in [3.63, 3.8) is 0 Å². The molecule has 2 rings (SSSR count). The summed E-state index contributed by atoms with van der Waals surface area (Å²) in [4.78, 5) is 229. The second-order valence-corrected chi connectivity index (χ2v) is 30.4. The number of carbonyl (C=O) groups excluding carboxylic acids is 14. The van der Waals surface area contributed by atoms with E-state index in [9.17, 15) is 88.2 Å². The van der Waals surface area contributed by atoms with Crippen molar-refractivity contribution in [2.24, 2.45) is 70.3 Å². The molecule has 0 aromatic carbocycles. The van der Waals surface area contributed by atoms with Gasteiger partial charge in [0, 0.05) is 39.5 Å². The predicted molar refractivity (Wildman–Crippen MR) is 402 cm³/mol. The molecule has 0 radical (unpaired) electrons. The molecule has 22 unspecified atom stereocenters. The Morgan fingerprint density at radius 1 is 0.625 bits per heavy atom. The van der Waals surface area contributed by atoms with E-state index in [4.69, 9.17) is 32.4 Å². The molecule has 2 fully saturated rings. The molecule has 2 aliphatic rings. The fourth-order valence-corrected chi connectivity index (χ4v) is 13.2. The number of primary amides is 2. The van der Waals surface area contributed by atoms with E-state index in [2.05, 4.69) is 47.9 Å². The van der Waals surface area contributed by atoms with E-state index in [1.807, 2.05) is 13.8 Å². The number of carbonyl (C=O) groups is 16. The Morgan fingerprint density at radius 3 is 1.77 bits per heavy atom. The van der Waals surface area contributed by atoms with E-state index in [0.717, 1.165) is 36.8 Å². The predicted octanol–water partition coefficient (Wildman–Crippen LogP) is -4.52. The minimum Gasteiger partial charge on any atom is -0.481 e. The van der Waals surface area contributed by atoms with Gasteiger partial charge in [0.05, 0.1) is 37.2 Å². The molecular weight excluding hydrogens is 1470 g/mol. The number of aliphatic hydroxyl groups excluding tert-OH is 4. The summed E-state index contributed by atoms with van der Waals surface area (Å²) in [5, 5.41) is 87.9. The van der Waals surface area contributed by atoms with E-state index in [1.165, 1.54) is 34.6 Å². The van der Waals surface area contributed by atoms with Crippen molar-refractivity contribution in [1.82, 2.24) is 57.7 Å². The Balaban J connectivity index is 3.12. The zero-order chi connectivity index (χ0) is 85.5. The van der Waals surface area contributed by atoms with Gasteiger partial charge in [-0.3, -0.25) is 71.9 Å². The van der Waals surface area contributed by atoms with Crippen LogP contribution in [0.25, 0.3) is 0 Å². The highest BCUT2D eigenvalue weighted by Gasteiger charge is 2.48. The molecule has 39 heteroatoms. The minimum atomic E-state index is -2.73. The molecular formula is C73H127N15O24. The number of hydrogen-bond acceptors (Lipinski definition) is 24. The third-order valence-electron chi connectivity index (χ3n) is 21.2. The molecule has 22 atom stereocenters. The normalized spacial score (nSPS) is 24.5. The lowest BCUT2D eigenvalue weighted by Crippen LogP contribution is -2.65. The van der Waals surface area contributed by atoms with Gasteiger partial charge in [-0.25, -0.2) is 4.79 Å². The molecule has 0 saturated carbocycles. The number of methoxy groups -OCH3 is 1. The number of fused-ring (bicyclic) bond motifs is 1. The maximum Gasteiger partial charge on any atom is 0.329 e. The zero-order valence-corrected chi connectivity index (χ0v) is 67.0. The van der Waals surface area contributed by atoms with Crippen LogP contribution in [0.4, 0.5) is 0 Å². The van der Waals surface area contributed by atoms with Crippen molar-refractivity contribution in [2.45, 2.75) is 276 Å². The molecule has 2 saturated heterocycles. The largest absolute Gasteiger partial charge is 0.481 e. The number of amides is 13. The summed E-state index contributed by atoms with van der Waals surface area (Å²) in [6.45, 7) is 17.2. The Morgan fingerprint density at radius 2 is 1.22 bits per heavy atom. The van der Waals surface area contributed by atoms with Gasteiger partial charge in [-0.15, -0.1) is 0 Å². The first-order chi connectivity index (χ1) is 52.4. The number of aliphatic carboxylic acids is 2. The third-order valence-corrected chi connectivity index (χ3v) is 21.2. The highest BCUT2D eigenvalue weighted by molar-refractivity contribution is 6.00. The first kappa shape index (κ1) is 99.3. The molecule has 0 aromatic rings. The number of piperidine rings is 1. The van der Waals surface area contributed by atoms with Gasteiger partial charge in [-0.1, -0.05) is 89.0 Å². The molecule has 0 bridgehead atoms. The van der Waals surface area contributed by atoms with Crippen LogP contribution >= 0.6 is 0 Å². The van der Waals surface area contributed by atoms with Gasteiger partial charge < -0.3 is 121 Å². The average molecular weight is 1600 g/mol. The number of cyclic esters (lactones) is 1. The maximum atomic E-state index is 15.5. The lowest BCUT2D eigenvalue weighted by Gasteiger charge is -2.39. The summed E-state index contributed by atoms with van der Waals surface area (Å²) in [5.74, 6) is -26.1. The lowest BCUT2D eigenvalue weighted by molar-refractivity contribution is -0.168. The van der Waals surface area contributed by atoms with Gasteiger partial charge in [0.1, 0.15) is 72.6 Å². The van der Waals surface area contributed by atoms with Gasteiger partial charge in [-0.2, -0.15) is 0 Å². The number of ether oxygens (including phenoxy) is 2. The van der Waals surface area contributed by atoms with Gasteiger partial charge in [0.25, 0.3) is 5.91 Å². The van der Waals surface area contributed by atoms with E-state index >= 15 is 19.2 Å². The summed E-state index contributed by atoms with van der Waals surface area (Å²) in [6.07, 6.45) is -12.0. The third kappa shape index (κ3) is 30.3. The van der Waals surface area contributed by atoms with Crippen LogP contribution in [0.2, 0.25) is 0 Å². The van der Waals surface area contributed by atoms with Crippen molar-refractivity contribution in [1.29, 1.82) is 0 Å². The van der Waals surface area contributed by atoms with Crippen molar-refractivity contribution < 1.29 is 117 Å². The number of carboxylic acid groups (broad SMARTS) is 2. The summed E-state index contributed by atoms with van der Waals surface area (Å²) >= 11 is 0. The standard InChI is InChI=1S/C73H127N15O24/c1-15-20-36(6)38(8)57(95)41(11)62(99)79-44(21-18-28-74)63(100)78-43(24-27-52(91)92)58(96)59(97)70(107)84-54(39(9)40(10)61(77)98)67(104)86-56-60(37(7)35(4)5)112-73(110)50-23-16-17-30-88(50)72(109)47(32-53(93)94)82-68(105)55(42(12)111-14)85-66(103)49(25-26-51(76)90)87(13)71(108)46(31-34(2)3)81-64(101)45(22-19-29-75)80-65(102)48(33-89)83-69(56)106/h34-50,54-60,89,95-97H,15-33,74-75H2,1-14H3,(H2,76,90)(H2,77,98)(H,78,100)(H,79,99)(H,80,102)(H,81,101)(H,82,105)(H,83,106)(H,84,107)(H,85,103)(H,86,104)(H,91,92)(H,93,94). The number of likely N-dealkylation sites (N-methyl/N-ethyl adjacent to an activating group) is 1. The highest BCUT2D eigenvalue weighted by Crippen LogP contribution is 2.29. The number of hydrogen-bond donors (Lipinski definition) is 19. The first-order valence-electron chi connectivity index (χ1n) is 38.5. The van der Waals surface area contributed by atoms with Crippen molar-refractivity contribution >= 4 is 94.7 Å². The van der Waals surface area contributed by atoms with Crippen LogP contribution in [0, 0.1) is 47.3 Å². The number of rotatable bonds is 39. The monoisotopic (exact) mass is 1600 g/mol. The molecule has 638 valence electrons. The quantitative estimate of drug-likeness (QED) is 0.0258. The Bertz CT molecular complexity index is 3200. The van der Waals surface area contributed by atoms with Gasteiger partial charge in [0.15, 0.2) is 6.10 Å². The van der Waals surface area contributed by atoms with Crippen LogP contribution in [0.5, 0.6) is 0 Å². The van der Waals surface area contributed by atoms with Gasteiger partial charge in [0.2, 0.25) is 70.9 Å². The summed E-state index contributed by atoms with van der Waals surface area (Å²) in [6, 6.07) is -20.3. The smallest absolute Gasteiger partial charge is 0.329 e. The maximum absolute atomic E-state index is 15.5.